The van der Waals surface area contributed by atoms with Gasteiger partial charge < -0.3 is 15.4 Å². The number of H-pyrrole nitrogens is 1. The molecule has 0 saturated carbocycles. The van der Waals surface area contributed by atoms with Gasteiger partial charge in [-0.05, 0) is 48.9 Å². The molecule has 0 unspecified atom stereocenters. The first-order chi connectivity index (χ1) is 15.1. The minimum Gasteiger partial charge on any atom is -0.494 e. The molecule has 0 bridgehead atoms. The van der Waals surface area contributed by atoms with Crippen LogP contribution in [0.4, 0.5) is 5.69 Å². The molecule has 0 fully saturated rings. The zero-order valence-corrected chi connectivity index (χ0v) is 17.8. The number of rotatable bonds is 6. The van der Waals surface area contributed by atoms with Crippen molar-refractivity contribution < 1.29 is 9.90 Å². The van der Waals surface area contributed by atoms with Crippen molar-refractivity contribution in [3.05, 3.63) is 94.5 Å². The number of carbonyl (C=O) groups excluding carboxylic acids is 1. The molecule has 0 aliphatic rings. The molecule has 31 heavy (non-hydrogen) atoms. The second-order valence-corrected chi connectivity index (χ2v) is 7.60. The topological polar surface area (TPSA) is 77.5 Å². The highest BCUT2D eigenvalue weighted by Crippen LogP contribution is 2.32. The first-order valence-electron chi connectivity index (χ1n) is 10.1. The number of aliphatic imine (C=N–C) groups is 1. The summed E-state index contributed by atoms with van der Waals surface area (Å²) in [6.07, 6.45) is 0.857. The van der Waals surface area contributed by atoms with Crippen LogP contribution in [0, 0.1) is 0 Å². The molecule has 6 heteroatoms. The monoisotopic (exact) mass is 431 g/mol. The second kappa shape index (κ2) is 9.06. The number of aromatic hydroxyl groups is 1. The van der Waals surface area contributed by atoms with Gasteiger partial charge in [0.1, 0.15) is 0 Å². The summed E-state index contributed by atoms with van der Waals surface area (Å²) >= 11 is 6.02. The Balaban J connectivity index is 1.90. The first-order valence-corrected chi connectivity index (χ1v) is 10.5. The lowest BCUT2D eigenvalue weighted by molar-refractivity contribution is 0.0954. The summed E-state index contributed by atoms with van der Waals surface area (Å²) in [6.45, 7) is 2.61. The highest BCUT2D eigenvalue weighted by Gasteiger charge is 2.20. The smallest absolute Gasteiger partial charge is 0.251 e. The third-order valence-electron chi connectivity index (χ3n) is 4.93. The van der Waals surface area contributed by atoms with E-state index in [1.165, 1.54) is 0 Å². The Morgan fingerprint density at radius 1 is 1.03 bits per heavy atom. The Labute approximate surface area is 185 Å². The fourth-order valence-electron chi connectivity index (χ4n) is 3.40. The lowest BCUT2D eigenvalue weighted by Gasteiger charge is -2.09. The Morgan fingerprint density at radius 2 is 1.77 bits per heavy atom. The lowest BCUT2D eigenvalue weighted by atomic mass is 9.99. The number of hydrogen-bond acceptors (Lipinski definition) is 3. The average molecular weight is 432 g/mol. The van der Waals surface area contributed by atoms with Gasteiger partial charge in [0.2, 0.25) is 0 Å². The maximum absolute atomic E-state index is 12.5. The molecule has 4 aromatic rings. The predicted octanol–water partition coefficient (Wildman–Crippen LogP) is 5.84. The van der Waals surface area contributed by atoms with E-state index in [2.05, 4.69) is 10.3 Å². The van der Waals surface area contributed by atoms with Gasteiger partial charge in [-0.15, -0.1) is 0 Å². The molecular formula is C25H22ClN3O2. The fraction of sp³-hybridized carbons (Fsp3) is 0.120. The number of hydrogen-bond donors (Lipinski definition) is 3. The van der Waals surface area contributed by atoms with Crippen LogP contribution in [0.2, 0.25) is 5.02 Å². The van der Waals surface area contributed by atoms with Crippen molar-refractivity contribution in [1.82, 2.24) is 10.3 Å². The highest BCUT2D eigenvalue weighted by atomic mass is 35.5. The van der Waals surface area contributed by atoms with E-state index in [0.717, 1.165) is 22.9 Å². The van der Waals surface area contributed by atoms with E-state index in [1.54, 1.807) is 30.3 Å². The summed E-state index contributed by atoms with van der Waals surface area (Å²) in [5.41, 5.74) is 3.93. The number of nitrogens with zero attached hydrogens (tertiary/aromatic N) is 1. The predicted molar refractivity (Wildman–Crippen MR) is 126 cm³/mol. The van der Waals surface area contributed by atoms with E-state index in [9.17, 15) is 9.90 Å². The average Bonchev–Trinajstić information content (AvgIpc) is 3.12. The summed E-state index contributed by atoms with van der Waals surface area (Å²) in [6, 6.07) is 22.1. The molecule has 1 amide bonds. The number of aromatic amines is 1. The van der Waals surface area contributed by atoms with Crippen LogP contribution in [0.3, 0.4) is 0 Å². The minimum atomic E-state index is -0.147. The summed E-state index contributed by atoms with van der Waals surface area (Å²) in [7, 11) is 0. The van der Waals surface area contributed by atoms with Crippen LogP contribution >= 0.6 is 11.6 Å². The Morgan fingerprint density at radius 3 is 2.48 bits per heavy atom. The standard InChI is InChI=1S/C25H22ClN3O2/c1-2-14-27-24(30)17-8-13-21-20(15-17)22(25(31)29-21)23(16-6-4-3-5-7-16)28-19-11-9-18(26)10-12-19/h3-13,15,29,31H,2,14H2,1H3,(H,27,30). The summed E-state index contributed by atoms with van der Waals surface area (Å²) in [4.78, 5) is 20.3. The second-order valence-electron chi connectivity index (χ2n) is 7.17. The van der Waals surface area contributed by atoms with Crippen molar-refractivity contribution in [1.29, 1.82) is 0 Å². The molecule has 3 aromatic carbocycles. The Hall–Kier alpha value is -3.57. The number of carbonyl (C=O) groups is 1. The van der Waals surface area contributed by atoms with Crippen LogP contribution in [0.1, 0.15) is 34.8 Å². The van der Waals surface area contributed by atoms with Gasteiger partial charge in [-0.1, -0.05) is 48.9 Å². The molecule has 5 nitrogen and oxygen atoms in total. The van der Waals surface area contributed by atoms with Crippen LogP contribution in [0.25, 0.3) is 10.9 Å². The molecule has 0 aliphatic heterocycles. The summed E-state index contributed by atoms with van der Waals surface area (Å²) in [5, 5.41) is 15.0. The Kier molecular flexibility index (Phi) is 6.05. The molecule has 1 heterocycles. The number of nitrogens with one attached hydrogen (secondary N) is 2. The minimum absolute atomic E-state index is 0.00215. The molecule has 0 spiro atoms. The van der Waals surface area contributed by atoms with Crippen molar-refractivity contribution >= 4 is 39.8 Å². The fourth-order valence-corrected chi connectivity index (χ4v) is 3.53. The van der Waals surface area contributed by atoms with Crippen LogP contribution in [0.5, 0.6) is 5.88 Å². The molecule has 0 aliphatic carbocycles. The van der Waals surface area contributed by atoms with E-state index in [0.29, 0.717) is 34.1 Å². The van der Waals surface area contributed by atoms with Crippen LogP contribution in [0.15, 0.2) is 77.8 Å². The van der Waals surface area contributed by atoms with Gasteiger partial charge in [0.25, 0.3) is 5.91 Å². The molecule has 0 radical (unpaired) electrons. The van der Waals surface area contributed by atoms with Gasteiger partial charge in [0.15, 0.2) is 5.88 Å². The maximum atomic E-state index is 12.5. The highest BCUT2D eigenvalue weighted by molar-refractivity contribution is 6.30. The van der Waals surface area contributed by atoms with E-state index in [-0.39, 0.29) is 11.8 Å². The van der Waals surface area contributed by atoms with Crippen molar-refractivity contribution in [2.75, 3.05) is 6.54 Å². The molecule has 4 rings (SSSR count). The molecular weight excluding hydrogens is 410 g/mol. The van der Waals surface area contributed by atoms with Gasteiger partial charge in [0.05, 0.1) is 17.0 Å². The SMILES string of the molecule is CCCNC(=O)c1ccc2[nH]c(O)c(C(=Nc3ccc(Cl)cc3)c3ccccc3)c2c1. The maximum Gasteiger partial charge on any atom is 0.251 e. The molecule has 1 aromatic heterocycles. The summed E-state index contributed by atoms with van der Waals surface area (Å²) < 4.78 is 0. The largest absolute Gasteiger partial charge is 0.494 e. The molecule has 156 valence electrons. The van der Waals surface area contributed by atoms with E-state index in [4.69, 9.17) is 16.6 Å². The van der Waals surface area contributed by atoms with Crippen molar-refractivity contribution in [2.45, 2.75) is 13.3 Å². The normalized spacial score (nSPS) is 11.6. The molecule has 0 saturated heterocycles. The van der Waals surface area contributed by atoms with Gasteiger partial charge >= 0.3 is 0 Å². The summed E-state index contributed by atoms with van der Waals surface area (Å²) in [5.74, 6) is -0.149. The van der Waals surface area contributed by atoms with Gasteiger partial charge in [-0.2, -0.15) is 0 Å². The van der Waals surface area contributed by atoms with Gasteiger partial charge in [0, 0.05) is 33.6 Å². The number of fused-ring (bicyclic) bond motifs is 1. The zero-order chi connectivity index (χ0) is 21.8. The van der Waals surface area contributed by atoms with Crippen LogP contribution < -0.4 is 5.32 Å². The number of aromatic nitrogens is 1. The lowest BCUT2D eigenvalue weighted by Crippen LogP contribution is -2.23. The van der Waals surface area contributed by atoms with Crippen molar-refractivity contribution in [3.63, 3.8) is 0 Å². The third kappa shape index (κ3) is 4.47. The molecule has 0 atom stereocenters. The molecule has 3 N–H and O–H groups in total. The number of halogens is 1. The Bertz CT molecular complexity index is 1250. The number of amides is 1. The first kappa shape index (κ1) is 20.7. The van der Waals surface area contributed by atoms with E-state index < -0.39 is 0 Å². The zero-order valence-electron chi connectivity index (χ0n) is 17.0. The van der Waals surface area contributed by atoms with Gasteiger partial charge in [-0.25, -0.2) is 4.99 Å². The van der Waals surface area contributed by atoms with Crippen molar-refractivity contribution in [3.8, 4) is 5.88 Å². The quantitative estimate of drug-likeness (QED) is 0.335. The van der Waals surface area contributed by atoms with Crippen LogP contribution in [-0.2, 0) is 0 Å². The van der Waals surface area contributed by atoms with Crippen LogP contribution in [-0.4, -0.2) is 28.3 Å². The van der Waals surface area contributed by atoms with Gasteiger partial charge in [-0.3, -0.25) is 4.79 Å². The van der Waals surface area contributed by atoms with Crippen molar-refractivity contribution in [2.24, 2.45) is 4.99 Å². The third-order valence-corrected chi connectivity index (χ3v) is 5.18. The van der Waals surface area contributed by atoms with E-state index >= 15 is 0 Å². The number of benzene rings is 3. The van der Waals surface area contributed by atoms with E-state index in [1.807, 2.05) is 49.4 Å².